The molecule has 0 fully saturated rings. The van der Waals surface area contributed by atoms with Crippen LogP contribution in [-0.4, -0.2) is 13.3 Å². The Kier molecular flexibility index (Phi) is 3.03. The lowest BCUT2D eigenvalue weighted by molar-refractivity contribution is 1.36. The van der Waals surface area contributed by atoms with Crippen LogP contribution in [0.15, 0.2) is 15.8 Å². The average Bonchev–Trinajstić information content (AvgIpc) is 1.67. The highest BCUT2D eigenvalue weighted by Gasteiger charge is 1.86. The third-order valence-electron chi connectivity index (χ3n) is 0.544. The van der Waals surface area contributed by atoms with E-state index in [1.165, 1.54) is 6.21 Å². The van der Waals surface area contributed by atoms with Crippen LogP contribution in [0.25, 0.3) is 0 Å². The number of aliphatic imine (C=N–C) groups is 1. The number of nitrogens with zero attached hydrogens (tertiary/aromatic N) is 1. The van der Waals surface area contributed by atoms with Gasteiger partial charge in [0.1, 0.15) is 5.16 Å². The van der Waals surface area contributed by atoms with Gasteiger partial charge in [0.05, 0.1) is 5.70 Å². The lowest BCUT2D eigenvalue weighted by Gasteiger charge is -1.89. The lowest BCUT2D eigenvalue weighted by atomic mass is 10.5. The summed E-state index contributed by atoms with van der Waals surface area (Å²) in [6, 6.07) is 0. The van der Waals surface area contributed by atoms with Crippen molar-refractivity contribution in [3.8, 4) is 0 Å². The van der Waals surface area contributed by atoms with Gasteiger partial charge in [-0.25, -0.2) is 0 Å². The molecule has 0 atom stereocenters. The largest absolute Gasteiger partial charge is 0.395 e. The molecule has 0 radical (unpaired) electrons. The number of rotatable bonds is 1. The second-order valence-corrected chi connectivity index (χ2v) is 1.60. The summed E-state index contributed by atoms with van der Waals surface area (Å²) < 4.78 is 0. The fraction of sp³-hybridized carbons (Fsp3) is 0.250. The molecular formula is C4H8ClN3. The minimum atomic E-state index is 0.0793. The molecule has 46 valence electrons. The zero-order chi connectivity index (χ0) is 6.57. The fourth-order valence-corrected chi connectivity index (χ4v) is 0.250. The van der Waals surface area contributed by atoms with E-state index in [0.29, 0.717) is 5.70 Å². The Labute approximate surface area is 53.0 Å². The molecule has 0 spiro atoms. The Morgan fingerprint density at radius 1 is 1.62 bits per heavy atom. The van der Waals surface area contributed by atoms with Crippen molar-refractivity contribution in [3.05, 3.63) is 10.9 Å². The molecule has 0 unspecified atom stereocenters. The maximum Gasteiger partial charge on any atom is 0.124 e. The van der Waals surface area contributed by atoms with E-state index in [4.69, 9.17) is 23.1 Å². The van der Waals surface area contributed by atoms with Crippen molar-refractivity contribution in [2.24, 2.45) is 16.5 Å². The molecular weight excluding hydrogens is 126 g/mol. The molecule has 0 amide bonds. The van der Waals surface area contributed by atoms with Gasteiger partial charge in [-0.2, -0.15) is 0 Å². The molecule has 4 heteroatoms. The van der Waals surface area contributed by atoms with Gasteiger partial charge in [0.2, 0.25) is 0 Å². The van der Waals surface area contributed by atoms with Gasteiger partial charge in [-0.15, -0.1) is 0 Å². The first-order valence-electron chi connectivity index (χ1n) is 2.01. The van der Waals surface area contributed by atoms with Gasteiger partial charge in [0, 0.05) is 13.3 Å². The van der Waals surface area contributed by atoms with E-state index < -0.39 is 0 Å². The van der Waals surface area contributed by atoms with Gasteiger partial charge in [0.25, 0.3) is 0 Å². The lowest BCUT2D eigenvalue weighted by Crippen LogP contribution is -2.05. The normalized spacial score (nSPS) is 14.2. The topological polar surface area (TPSA) is 64.4 Å². The first-order valence-corrected chi connectivity index (χ1v) is 2.39. The summed E-state index contributed by atoms with van der Waals surface area (Å²) in [5.41, 5.74) is 10.6. The first-order chi connectivity index (χ1) is 3.68. The van der Waals surface area contributed by atoms with Crippen molar-refractivity contribution >= 4 is 17.8 Å². The van der Waals surface area contributed by atoms with Crippen LogP contribution in [0.4, 0.5) is 0 Å². The minimum absolute atomic E-state index is 0.0793. The molecule has 0 aliphatic rings. The standard InChI is InChI=1S/C4H8ClN3/c1-8-2-3(6)4(5)7/h2H,6-7H2,1H3/b4-3+,8-2-. The molecule has 0 aromatic heterocycles. The van der Waals surface area contributed by atoms with Crippen LogP contribution in [0.1, 0.15) is 0 Å². The summed E-state index contributed by atoms with van der Waals surface area (Å²) in [6.45, 7) is 0. The molecule has 0 aliphatic carbocycles. The molecule has 0 saturated carbocycles. The molecule has 0 aliphatic heterocycles. The van der Waals surface area contributed by atoms with Crippen LogP contribution < -0.4 is 11.5 Å². The van der Waals surface area contributed by atoms with Crippen LogP contribution in [0.2, 0.25) is 0 Å². The molecule has 3 nitrogen and oxygen atoms in total. The van der Waals surface area contributed by atoms with E-state index in [9.17, 15) is 0 Å². The van der Waals surface area contributed by atoms with Gasteiger partial charge in [-0.05, 0) is 0 Å². The number of halogens is 1. The van der Waals surface area contributed by atoms with Crippen molar-refractivity contribution in [1.82, 2.24) is 0 Å². The van der Waals surface area contributed by atoms with Gasteiger partial charge in [-0.1, -0.05) is 11.6 Å². The predicted octanol–water partition coefficient (Wildman–Crippen LogP) is 0.0123. The Morgan fingerprint density at radius 2 is 2.12 bits per heavy atom. The predicted molar refractivity (Wildman–Crippen MR) is 35.7 cm³/mol. The van der Waals surface area contributed by atoms with E-state index in [0.717, 1.165) is 0 Å². The summed E-state index contributed by atoms with van der Waals surface area (Å²) in [4.78, 5) is 3.58. The van der Waals surface area contributed by atoms with Gasteiger partial charge >= 0.3 is 0 Å². The number of nitrogens with two attached hydrogens (primary N) is 2. The monoisotopic (exact) mass is 133 g/mol. The van der Waals surface area contributed by atoms with Crippen LogP contribution in [0, 0.1) is 0 Å². The summed E-state index contributed by atoms with van der Waals surface area (Å²) in [6.07, 6.45) is 1.39. The zero-order valence-corrected chi connectivity index (χ0v) is 5.31. The molecule has 0 aromatic carbocycles. The summed E-state index contributed by atoms with van der Waals surface area (Å²) in [5, 5.41) is 0.0793. The van der Waals surface area contributed by atoms with E-state index in [-0.39, 0.29) is 5.16 Å². The molecule has 0 rings (SSSR count). The Bertz CT molecular complexity index is 123. The Hall–Kier alpha value is -0.700. The quantitative estimate of drug-likeness (QED) is 0.391. The van der Waals surface area contributed by atoms with Crippen molar-refractivity contribution in [2.45, 2.75) is 0 Å². The zero-order valence-electron chi connectivity index (χ0n) is 4.56. The van der Waals surface area contributed by atoms with Crippen molar-refractivity contribution < 1.29 is 0 Å². The second-order valence-electron chi connectivity index (χ2n) is 1.19. The van der Waals surface area contributed by atoms with Crippen LogP contribution in [0.3, 0.4) is 0 Å². The minimum Gasteiger partial charge on any atom is -0.395 e. The Balaban J connectivity index is 4.00. The van der Waals surface area contributed by atoms with E-state index >= 15 is 0 Å². The highest BCUT2D eigenvalue weighted by Crippen LogP contribution is 1.91. The molecule has 4 N–H and O–H groups in total. The molecule has 8 heavy (non-hydrogen) atoms. The van der Waals surface area contributed by atoms with Crippen molar-refractivity contribution in [2.75, 3.05) is 7.05 Å². The Morgan fingerprint density at radius 3 is 2.25 bits per heavy atom. The molecule has 0 aromatic rings. The van der Waals surface area contributed by atoms with Crippen molar-refractivity contribution in [1.29, 1.82) is 0 Å². The van der Waals surface area contributed by atoms with Crippen LogP contribution in [0.5, 0.6) is 0 Å². The smallest absolute Gasteiger partial charge is 0.124 e. The van der Waals surface area contributed by atoms with E-state index in [1.807, 2.05) is 0 Å². The van der Waals surface area contributed by atoms with Crippen LogP contribution >= 0.6 is 11.6 Å². The first kappa shape index (κ1) is 7.30. The second kappa shape index (κ2) is 3.32. The molecule has 0 bridgehead atoms. The van der Waals surface area contributed by atoms with Gasteiger partial charge in [0.15, 0.2) is 0 Å². The van der Waals surface area contributed by atoms with E-state index in [1.54, 1.807) is 7.05 Å². The van der Waals surface area contributed by atoms with Crippen LogP contribution in [-0.2, 0) is 0 Å². The maximum atomic E-state index is 5.25. The van der Waals surface area contributed by atoms with E-state index in [2.05, 4.69) is 4.99 Å². The number of hydrogen-bond acceptors (Lipinski definition) is 3. The fourth-order valence-electron chi connectivity index (χ4n) is 0.201. The maximum absolute atomic E-state index is 5.25. The number of allylic oxidation sites excluding steroid dienone is 1. The SMILES string of the molecule is C/N=C\C(N)=C(/N)Cl. The molecule has 0 saturated heterocycles. The summed E-state index contributed by atoms with van der Waals surface area (Å²) in [5.74, 6) is 0. The van der Waals surface area contributed by atoms with Gasteiger partial charge < -0.3 is 11.5 Å². The van der Waals surface area contributed by atoms with Crippen molar-refractivity contribution in [3.63, 3.8) is 0 Å². The summed E-state index contributed by atoms with van der Waals surface area (Å²) >= 11 is 5.25. The highest BCUT2D eigenvalue weighted by atomic mass is 35.5. The average molecular weight is 134 g/mol. The van der Waals surface area contributed by atoms with Gasteiger partial charge in [-0.3, -0.25) is 4.99 Å². The molecule has 0 heterocycles. The third-order valence-corrected chi connectivity index (χ3v) is 0.762. The third kappa shape index (κ3) is 2.47. The highest BCUT2D eigenvalue weighted by molar-refractivity contribution is 6.30. The number of hydrogen-bond donors (Lipinski definition) is 2. The summed E-state index contributed by atoms with van der Waals surface area (Å²) in [7, 11) is 1.59.